The van der Waals surface area contributed by atoms with Crippen molar-refractivity contribution in [3.05, 3.63) is 81.8 Å². The van der Waals surface area contributed by atoms with Gasteiger partial charge in [0, 0.05) is 31.3 Å². The lowest BCUT2D eigenvalue weighted by molar-refractivity contribution is -0.659. The number of aromatic nitrogens is 3. The molecule has 0 saturated heterocycles. The highest BCUT2D eigenvalue weighted by atomic mass is 16.5. The molecule has 0 saturated carbocycles. The number of nitrogens with two attached hydrogens (primary N) is 1. The molecule has 0 aliphatic rings. The van der Waals surface area contributed by atoms with E-state index >= 15 is 0 Å². The van der Waals surface area contributed by atoms with Gasteiger partial charge in [-0.3, -0.25) is 14.0 Å². The first kappa shape index (κ1) is 23.4. The summed E-state index contributed by atoms with van der Waals surface area (Å²) in [6, 6.07) is 14.9. The lowest BCUT2D eigenvalue weighted by Gasteiger charge is -2.13. The fourth-order valence-corrected chi connectivity index (χ4v) is 3.93. The normalized spacial score (nSPS) is 11.4. The number of anilines is 1. The zero-order valence-electron chi connectivity index (χ0n) is 19.7. The van der Waals surface area contributed by atoms with Crippen LogP contribution in [0.15, 0.2) is 59.5 Å². The molecule has 3 N–H and O–H groups in total. The van der Waals surface area contributed by atoms with E-state index in [0.29, 0.717) is 42.8 Å². The molecule has 3 aromatic heterocycles. The number of pyridine rings is 2. The number of hydrogen-bond acceptors (Lipinski definition) is 5. The van der Waals surface area contributed by atoms with Crippen molar-refractivity contribution in [3.8, 4) is 0 Å². The molecule has 34 heavy (non-hydrogen) atoms. The minimum atomic E-state index is -0.343. The van der Waals surface area contributed by atoms with Gasteiger partial charge in [0.2, 0.25) is 11.5 Å². The van der Waals surface area contributed by atoms with Crippen LogP contribution in [0.5, 0.6) is 0 Å². The number of amides is 1. The Hall–Kier alpha value is -3.78. The molecule has 0 unspecified atom stereocenters. The van der Waals surface area contributed by atoms with Crippen molar-refractivity contribution in [2.75, 3.05) is 12.3 Å². The van der Waals surface area contributed by atoms with E-state index in [-0.39, 0.29) is 29.0 Å². The first-order chi connectivity index (χ1) is 16.4. The Labute approximate surface area is 198 Å². The summed E-state index contributed by atoms with van der Waals surface area (Å²) in [7, 11) is 0. The molecule has 0 radical (unpaired) electrons. The zero-order chi connectivity index (χ0) is 24.2. The van der Waals surface area contributed by atoms with Crippen LogP contribution < -0.4 is 21.2 Å². The fourth-order valence-electron chi connectivity index (χ4n) is 3.93. The first-order valence-electron chi connectivity index (χ1n) is 11.4. The van der Waals surface area contributed by atoms with Crippen molar-refractivity contribution < 1.29 is 14.1 Å². The van der Waals surface area contributed by atoms with E-state index in [0.717, 1.165) is 11.1 Å². The number of ether oxygens (including phenoxy) is 1. The number of aryl methyl sites for hydroxylation is 2. The van der Waals surface area contributed by atoms with Crippen molar-refractivity contribution in [1.82, 2.24) is 14.7 Å². The highest BCUT2D eigenvalue weighted by molar-refractivity contribution is 6.00. The first-order valence-corrected chi connectivity index (χ1v) is 11.4. The number of carbonyl (C=O) groups is 1. The molecule has 0 aliphatic carbocycles. The topological polar surface area (TPSA) is 103 Å². The Kier molecular flexibility index (Phi) is 6.88. The van der Waals surface area contributed by atoms with Gasteiger partial charge in [-0.1, -0.05) is 41.4 Å². The number of fused-ring (bicyclic) bond motifs is 2. The van der Waals surface area contributed by atoms with E-state index in [2.05, 4.69) is 5.32 Å². The second-order valence-corrected chi connectivity index (χ2v) is 8.58. The Balaban J connectivity index is 1.80. The highest BCUT2D eigenvalue weighted by Crippen LogP contribution is 2.16. The summed E-state index contributed by atoms with van der Waals surface area (Å²) in [5.74, 6) is -0.0726. The van der Waals surface area contributed by atoms with Crippen LogP contribution in [-0.4, -0.2) is 28.0 Å². The maximum absolute atomic E-state index is 13.4. The van der Waals surface area contributed by atoms with Crippen molar-refractivity contribution in [3.63, 3.8) is 0 Å². The molecule has 0 spiro atoms. The summed E-state index contributed by atoms with van der Waals surface area (Å²) < 4.78 is 8.93. The van der Waals surface area contributed by atoms with E-state index in [4.69, 9.17) is 15.5 Å². The van der Waals surface area contributed by atoms with E-state index in [1.165, 1.54) is 4.40 Å². The smallest absolute Gasteiger partial charge is 0.278 e. The minimum Gasteiger partial charge on any atom is -0.379 e. The SMILES string of the molecule is Cc1cccn2c(=O)c3cc(C(=O)NCc4ccccc4)c(N)[n+](CCCOC(C)C)c3nc12. The second kappa shape index (κ2) is 10.0. The maximum Gasteiger partial charge on any atom is 0.278 e. The quantitative estimate of drug-likeness (QED) is 0.239. The van der Waals surface area contributed by atoms with Gasteiger partial charge in [-0.25, -0.2) is 4.57 Å². The van der Waals surface area contributed by atoms with Crippen LogP contribution in [0, 0.1) is 6.92 Å². The molecule has 4 aromatic rings. The number of nitrogens with one attached hydrogen (secondary N) is 1. The molecule has 8 nitrogen and oxygen atoms in total. The molecule has 0 atom stereocenters. The third-order valence-electron chi connectivity index (χ3n) is 5.69. The van der Waals surface area contributed by atoms with E-state index < -0.39 is 0 Å². The molecule has 0 aliphatic heterocycles. The van der Waals surface area contributed by atoms with E-state index in [1.807, 2.05) is 57.2 Å². The number of benzene rings is 1. The predicted octanol–water partition coefficient (Wildman–Crippen LogP) is 2.77. The number of nitrogens with zero attached hydrogens (tertiary/aromatic N) is 3. The van der Waals surface area contributed by atoms with Gasteiger partial charge in [0.1, 0.15) is 10.9 Å². The van der Waals surface area contributed by atoms with Crippen LogP contribution in [0.2, 0.25) is 0 Å². The fraction of sp³-hybridized carbons (Fsp3) is 0.308. The summed E-state index contributed by atoms with van der Waals surface area (Å²) in [5, 5.41) is 3.25. The molecule has 8 heteroatoms. The Morgan fingerprint density at radius 2 is 1.97 bits per heavy atom. The third kappa shape index (κ3) is 4.77. The zero-order valence-corrected chi connectivity index (χ0v) is 19.7. The summed E-state index contributed by atoms with van der Waals surface area (Å²) in [5.41, 5.74) is 9.38. The number of hydrogen-bond donors (Lipinski definition) is 2. The van der Waals surface area contributed by atoms with Crippen LogP contribution in [0.4, 0.5) is 5.82 Å². The minimum absolute atomic E-state index is 0.114. The average molecular weight is 461 g/mol. The predicted molar refractivity (Wildman–Crippen MR) is 132 cm³/mol. The molecular formula is C26H30N5O3+. The molecule has 0 bridgehead atoms. The number of carbonyl (C=O) groups excluding carboxylic acids is 1. The van der Waals surface area contributed by atoms with Crippen LogP contribution in [0.1, 0.15) is 41.8 Å². The van der Waals surface area contributed by atoms with Gasteiger partial charge in [0.15, 0.2) is 0 Å². The summed E-state index contributed by atoms with van der Waals surface area (Å²) in [4.78, 5) is 31.3. The molecule has 4 rings (SSSR count). The van der Waals surface area contributed by atoms with Crippen molar-refractivity contribution >= 4 is 28.4 Å². The molecule has 0 fully saturated rings. The standard InChI is InChI=1S/C26H29N5O3/c1-17(2)34-14-8-13-30-22(27)20(25(32)28-16-19-10-5-4-6-11-19)15-21-24(30)29-23-18(3)9-7-12-31(23)26(21)33/h4-7,9-12,15,17,27H,8,13-14,16H2,1-3H3,(H,28,32)/p+1. The molecule has 1 amide bonds. The van der Waals surface area contributed by atoms with Gasteiger partial charge >= 0.3 is 0 Å². The summed E-state index contributed by atoms with van der Waals surface area (Å²) in [6.45, 7) is 7.21. The monoisotopic (exact) mass is 460 g/mol. The molecule has 3 heterocycles. The Morgan fingerprint density at radius 1 is 1.21 bits per heavy atom. The van der Waals surface area contributed by atoms with E-state index in [9.17, 15) is 9.59 Å². The van der Waals surface area contributed by atoms with Crippen LogP contribution in [0.3, 0.4) is 0 Å². The Morgan fingerprint density at radius 3 is 2.71 bits per heavy atom. The molecule has 1 aromatic carbocycles. The van der Waals surface area contributed by atoms with Crippen LogP contribution >= 0.6 is 0 Å². The largest absolute Gasteiger partial charge is 0.379 e. The van der Waals surface area contributed by atoms with Gasteiger partial charge in [-0.15, -0.1) is 0 Å². The van der Waals surface area contributed by atoms with Gasteiger partial charge in [-0.2, -0.15) is 0 Å². The van der Waals surface area contributed by atoms with Crippen molar-refractivity contribution in [1.29, 1.82) is 0 Å². The van der Waals surface area contributed by atoms with Crippen LogP contribution in [-0.2, 0) is 17.8 Å². The lowest BCUT2D eigenvalue weighted by Crippen LogP contribution is -2.43. The van der Waals surface area contributed by atoms with Gasteiger partial charge in [-0.05, 0) is 38.5 Å². The maximum atomic E-state index is 13.4. The van der Waals surface area contributed by atoms with Crippen LogP contribution in [0.25, 0.3) is 16.7 Å². The molecular weight excluding hydrogens is 430 g/mol. The van der Waals surface area contributed by atoms with Gasteiger partial charge in [0.05, 0.1) is 12.6 Å². The second-order valence-electron chi connectivity index (χ2n) is 8.58. The van der Waals surface area contributed by atoms with E-state index in [1.54, 1.807) is 22.9 Å². The van der Waals surface area contributed by atoms with Crippen molar-refractivity contribution in [2.45, 2.75) is 46.4 Å². The number of nitrogen functional groups attached to an aromatic ring is 1. The number of rotatable bonds is 8. The van der Waals surface area contributed by atoms with Crippen molar-refractivity contribution in [2.24, 2.45) is 0 Å². The average Bonchev–Trinajstić information content (AvgIpc) is 2.82. The lowest BCUT2D eigenvalue weighted by atomic mass is 10.1. The summed E-state index contributed by atoms with van der Waals surface area (Å²) >= 11 is 0. The van der Waals surface area contributed by atoms with Gasteiger partial charge < -0.3 is 15.8 Å². The highest BCUT2D eigenvalue weighted by Gasteiger charge is 2.24. The Bertz CT molecular complexity index is 1400. The van der Waals surface area contributed by atoms with Gasteiger partial charge in [0.25, 0.3) is 17.1 Å². The summed E-state index contributed by atoms with van der Waals surface area (Å²) in [6.07, 6.45) is 2.46. The third-order valence-corrected chi connectivity index (χ3v) is 5.69. The molecule has 176 valence electrons.